The molecule has 1 amide bonds. The number of carbonyl (C=O) groups is 1. The van der Waals surface area contributed by atoms with Gasteiger partial charge in [-0.3, -0.25) is 9.48 Å². The van der Waals surface area contributed by atoms with Gasteiger partial charge in [0, 0.05) is 37.9 Å². The first kappa shape index (κ1) is 14.7. The van der Waals surface area contributed by atoms with E-state index in [1.807, 2.05) is 13.8 Å². The number of hydrogen-bond donors (Lipinski definition) is 1. The van der Waals surface area contributed by atoms with E-state index in [2.05, 4.69) is 24.3 Å². The van der Waals surface area contributed by atoms with E-state index in [9.17, 15) is 4.79 Å². The molecule has 5 heteroatoms. The number of nitrogens with zero attached hydrogens (tertiary/aromatic N) is 3. The average molecular weight is 252 g/mol. The number of rotatable bonds is 5. The standard InChI is InChI=1S/C13H24N4O/c1-9(2)14-7-12-10(3)15-17(11(12)4)8-13(18)16(5)6/h9,14H,7-8H2,1-6H3. The highest BCUT2D eigenvalue weighted by Gasteiger charge is 2.14. The molecule has 0 fully saturated rings. The topological polar surface area (TPSA) is 50.2 Å². The second-order valence-corrected chi connectivity index (χ2v) is 5.13. The maximum absolute atomic E-state index is 11.7. The number of aryl methyl sites for hydroxylation is 1. The van der Waals surface area contributed by atoms with Crippen molar-refractivity contribution in [3.63, 3.8) is 0 Å². The lowest BCUT2D eigenvalue weighted by Crippen LogP contribution is -2.27. The zero-order valence-corrected chi connectivity index (χ0v) is 12.2. The van der Waals surface area contributed by atoms with Crippen molar-refractivity contribution in [3.8, 4) is 0 Å². The summed E-state index contributed by atoms with van der Waals surface area (Å²) in [4.78, 5) is 13.3. The van der Waals surface area contributed by atoms with Gasteiger partial charge in [0.2, 0.25) is 5.91 Å². The number of hydrogen-bond acceptors (Lipinski definition) is 3. The lowest BCUT2D eigenvalue weighted by molar-refractivity contribution is -0.129. The van der Waals surface area contributed by atoms with Gasteiger partial charge in [0.1, 0.15) is 6.54 Å². The van der Waals surface area contributed by atoms with Crippen LogP contribution < -0.4 is 5.32 Å². The second-order valence-electron chi connectivity index (χ2n) is 5.13. The van der Waals surface area contributed by atoms with Crippen molar-refractivity contribution in [2.45, 2.75) is 46.8 Å². The van der Waals surface area contributed by atoms with E-state index in [4.69, 9.17) is 0 Å². The summed E-state index contributed by atoms with van der Waals surface area (Å²) >= 11 is 0. The molecule has 0 unspecified atom stereocenters. The molecule has 0 saturated heterocycles. The Morgan fingerprint density at radius 1 is 1.39 bits per heavy atom. The zero-order chi connectivity index (χ0) is 13.9. The van der Waals surface area contributed by atoms with Crippen molar-refractivity contribution in [2.75, 3.05) is 14.1 Å². The molecule has 1 rings (SSSR count). The van der Waals surface area contributed by atoms with Crippen LogP contribution in [0.3, 0.4) is 0 Å². The molecule has 0 aliphatic rings. The van der Waals surface area contributed by atoms with Gasteiger partial charge in [0.25, 0.3) is 0 Å². The molecule has 0 saturated carbocycles. The summed E-state index contributed by atoms with van der Waals surface area (Å²) in [6, 6.07) is 0.440. The van der Waals surface area contributed by atoms with Crippen LogP contribution >= 0.6 is 0 Å². The Hall–Kier alpha value is -1.36. The summed E-state index contributed by atoms with van der Waals surface area (Å²) in [5.41, 5.74) is 3.25. The largest absolute Gasteiger partial charge is 0.347 e. The second kappa shape index (κ2) is 6.00. The average Bonchev–Trinajstić information content (AvgIpc) is 2.51. The fourth-order valence-corrected chi connectivity index (χ4v) is 1.72. The Morgan fingerprint density at radius 2 is 2.00 bits per heavy atom. The molecule has 0 spiro atoms. The van der Waals surface area contributed by atoms with E-state index >= 15 is 0 Å². The van der Waals surface area contributed by atoms with Crippen LogP contribution in [0.15, 0.2) is 0 Å². The van der Waals surface area contributed by atoms with Crippen molar-refractivity contribution in [2.24, 2.45) is 0 Å². The van der Waals surface area contributed by atoms with E-state index in [1.54, 1.807) is 23.7 Å². The van der Waals surface area contributed by atoms with Crippen LogP contribution in [0.4, 0.5) is 0 Å². The van der Waals surface area contributed by atoms with Gasteiger partial charge in [-0.1, -0.05) is 13.8 Å². The van der Waals surface area contributed by atoms with Crippen molar-refractivity contribution in [3.05, 3.63) is 17.0 Å². The fraction of sp³-hybridized carbons (Fsp3) is 0.692. The molecule has 0 bridgehead atoms. The quantitative estimate of drug-likeness (QED) is 0.853. The Morgan fingerprint density at radius 3 is 2.50 bits per heavy atom. The van der Waals surface area contributed by atoms with Gasteiger partial charge in [0.15, 0.2) is 0 Å². The molecule has 1 N–H and O–H groups in total. The monoisotopic (exact) mass is 252 g/mol. The van der Waals surface area contributed by atoms with Crippen molar-refractivity contribution in [1.82, 2.24) is 20.0 Å². The molecule has 18 heavy (non-hydrogen) atoms. The third-order valence-electron chi connectivity index (χ3n) is 3.00. The highest BCUT2D eigenvalue weighted by atomic mass is 16.2. The Balaban J connectivity index is 2.83. The molecular weight excluding hydrogens is 228 g/mol. The van der Waals surface area contributed by atoms with Crippen molar-refractivity contribution >= 4 is 5.91 Å². The Bertz CT molecular complexity index is 421. The number of likely N-dealkylation sites (N-methyl/N-ethyl adjacent to an activating group) is 1. The van der Waals surface area contributed by atoms with Crippen LogP contribution in [0.25, 0.3) is 0 Å². The Kier molecular flexibility index (Phi) is 4.90. The smallest absolute Gasteiger partial charge is 0.243 e. The summed E-state index contributed by atoms with van der Waals surface area (Å²) in [7, 11) is 3.52. The number of aromatic nitrogens is 2. The zero-order valence-electron chi connectivity index (χ0n) is 12.2. The van der Waals surface area contributed by atoms with Gasteiger partial charge >= 0.3 is 0 Å². The lowest BCUT2D eigenvalue weighted by Gasteiger charge is -2.11. The molecule has 0 radical (unpaired) electrons. The molecule has 1 aromatic rings. The summed E-state index contributed by atoms with van der Waals surface area (Å²) in [5.74, 6) is 0.0592. The van der Waals surface area contributed by atoms with Crippen LogP contribution in [0, 0.1) is 13.8 Å². The molecule has 1 aromatic heterocycles. The van der Waals surface area contributed by atoms with Gasteiger partial charge in [-0.2, -0.15) is 5.10 Å². The molecule has 0 aliphatic heterocycles. The Labute approximate surface area is 109 Å². The molecule has 0 aromatic carbocycles. The highest BCUT2D eigenvalue weighted by Crippen LogP contribution is 2.13. The third kappa shape index (κ3) is 3.57. The number of carbonyl (C=O) groups excluding carboxylic acids is 1. The number of nitrogens with one attached hydrogen (secondary N) is 1. The summed E-state index contributed by atoms with van der Waals surface area (Å²) in [5, 5.41) is 7.82. The van der Waals surface area contributed by atoms with Gasteiger partial charge in [-0.15, -0.1) is 0 Å². The predicted molar refractivity (Wildman–Crippen MR) is 72.4 cm³/mol. The molecule has 0 aliphatic carbocycles. The van der Waals surface area contributed by atoms with Crippen LogP contribution in [0.5, 0.6) is 0 Å². The van der Waals surface area contributed by atoms with Crippen molar-refractivity contribution in [1.29, 1.82) is 0 Å². The SMILES string of the molecule is Cc1nn(CC(=O)N(C)C)c(C)c1CNC(C)C. The van der Waals surface area contributed by atoms with Crippen LogP contribution in [-0.4, -0.2) is 40.7 Å². The van der Waals surface area contributed by atoms with Gasteiger partial charge < -0.3 is 10.2 Å². The van der Waals surface area contributed by atoms with Crippen LogP contribution in [-0.2, 0) is 17.9 Å². The number of amides is 1. The molecule has 0 atom stereocenters. The highest BCUT2D eigenvalue weighted by molar-refractivity contribution is 5.75. The summed E-state index contributed by atoms with van der Waals surface area (Å²) < 4.78 is 1.79. The first-order valence-corrected chi connectivity index (χ1v) is 6.29. The summed E-state index contributed by atoms with van der Waals surface area (Å²) in [6.45, 7) is 9.34. The maximum Gasteiger partial charge on any atom is 0.243 e. The van der Waals surface area contributed by atoms with E-state index in [0.29, 0.717) is 12.6 Å². The molecule has 1 heterocycles. The van der Waals surface area contributed by atoms with E-state index < -0.39 is 0 Å². The lowest BCUT2D eigenvalue weighted by atomic mass is 10.2. The third-order valence-corrected chi connectivity index (χ3v) is 3.00. The van der Waals surface area contributed by atoms with Gasteiger partial charge in [-0.25, -0.2) is 0 Å². The first-order chi connectivity index (χ1) is 8.32. The molecule has 5 nitrogen and oxygen atoms in total. The van der Waals surface area contributed by atoms with E-state index in [-0.39, 0.29) is 5.91 Å². The first-order valence-electron chi connectivity index (χ1n) is 6.29. The fourth-order valence-electron chi connectivity index (χ4n) is 1.72. The summed E-state index contributed by atoms with van der Waals surface area (Å²) in [6.07, 6.45) is 0. The normalized spacial score (nSPS) is 11.1. The molecular formula is C13H24N4O. The minimum absolute atomic E-state index is 0.0592. The van der Waals surface area contributed by atoms with Crippen LogP contribution in [0.2, 0.25) is 0 Å². The minimum atomic E-state index is 0.0592. The van der Waals surface area contributed by atoms with Crippen molar-refractivity contribution < 1.29 is 4.79 Å². The van der Waals surface area contributed by atoms with E-state index in [1.165, 1.54) is 5.56 Å². The minimum Gasteiger partial charge on any atom is -0.347 e. The van der Waals surface area contributed by atoms with E-state index in [0.717, 1.165) is 17.9 Å². The maximum atomic E-state index is 11.7. The van der Waals surface area contributed by atoms with Gasteiger partial charge in [0.05, 0.1) is 5.69 Å². The van der Waals surface area contributed by atoms with Gasteiger partial charge in [-0.05, 0) is 13.8 Å². The molecule has 102 valence electrons. The predicted octanol–water partition coefficient (Wildman–Crippen LogP) is 1.09. The van der Waals surface area contributed by atoms with Crippen LogP contribution in [0.1, 0.15) is 30.8 Å².